The molecule has 0 aliphatic heterocycles. The van der Waals surface area contributed by atoms with E-state index in [9.17, 15) is 5.11 Å². The molecule has 0 amide bonds. The van der Waals surface area contributed by atoms with Gasteiger partial charge in [0.25, 0.3) is 0 Å². The predicted octanol–water partition coefficient (Wildman–Crippen LogP) is 6.41. The second-order valence-electron chi connectivity index (χ2n) is 9.21. The van der Waals surface area contributed by atoms with E-state index < -0.39 is 14.4 Å². The van der Waals surface area contributed by atoms with Gasteiger partial charge in [-0.2, -0.15) is 0 Å². The number of hydrogen-bond donors (Lipinski definition) is 1. The third kappa shape index (κ3) is 5.35. The second-order valence-corrected chi connectivity index (χ2v) is 17.6. The molecular weight excluding hydrogens is 476 g/mol. The zero-order valence-corrected chi connectivity index (χ0v) is 22.2. The SMILES string of the molecule is CC(C)[Si](O[C@@H]1C[C@@H](Br)C[C@@H](O[C@@H](C)[C@@H](C)O)C1(C)Br)(C(C)C)C(C)C. The highest BCUT2D eigenvalue weighted by Crippen LogP contribution is 2.49. The fraction of sp³-hybridized carbons (Fsp3) is 1.00. The van der Waals surface area contributed by atoms with Crippen LogP contribution in [0, 0.1) is 0 Å². The lowest BCUT2D eigenvalue weighted by Crippen LogP contribution is -2.60. The van der Waals surface area contributed by atoms with Crippen molar-refractivity contribution in [3.8, 4) is 0 Å². The predicted molar refractivity (Wildman–Crippen MR) is 121 cm³/mol. The van der Waals surface area contributed by atoms with Crippen LogP contribution in [0.25, 0.3) is 0 Å². The average Bonchev–Trinajstić information content (AvgIpc) is 2.47. The van der Waals surface area contributed by atoms with Gasteiger partial charge in [0, 0.05) is 4.83 Å². The van der Waals surface area contributed by atoms with E-state index in [0.717, 1.165) is 12.8 Å². The molecule has 3 nitrogen and oxygen atoms in total. The first-order valence-corrected chi connectivity index (χ1v) is 14.0. The third-order valence-corrected chi connectivity index (χ3v) is 14.2. The molecule has 6 heteroatoms. The number of rotatable bonds is 8. The molecule has 0 aromatic rings. The van der Waals surface area contributed by atoms with Gasteiger partial charge >= 0.3 is 0 Å². The fourth-order valence-electron chi connectivity index (χ4n) is 4.61. The average molecular weight is 516 g/mol. The van der Waals surface area contributed by atoms with E-state index in [1.807, 2.05) is 6.92 Å². The van der Waals surface area contributed by atoms with E-state index in [0.29, 0.717) is 21.5 Å². The summed E-state index contributed by atoms with van der Waals surface area (Å²) in [6, 6.07) is 0. The molecule has 1 saturated carbocycles. The fourth-order valence-corrected chi connectivity index (χ4v) is 11.7. The molecule has 0 bridgehead atoms. The molecular formula is C20H40Br2O3Si. The van der Waals surface area contributed by atoms with Crippen molar-refractivity contribution in [1.29, 1.82) is 0 Å². The van der Waals surface area contributed by atoms with Crippen molar-refractivity contribution in [2.45, 2.75) is 125 Å². The van der Waals surface area contributed by atoms with Crippen LogP contribution < -0.4 is 0 Å². The van der Waals surface area contributed by atoms with E-state index in [1.165, 1.54) is 0 Å². The first kappa shape index (κ1) is 25.1. The van der Waals surface area contributed by atoms with Crippen molar-refractivity contribution < 1.29 is 14.3 Å². The minimum Gasteiger partial charge on any atom is -0.412 e. The van der Waals surface area contributed by atoms with Crippen molar-refractivity contribution in [2.24, 2.45) is 0 Å². The smallest absolute Gasteiger partial charge is 0.200 e. The molecule has 0 aromatic heterocycles. The van der Waals surface area contributed by atoms with Gasteiger partial charge in [-0.15, -0.1) is 0 Å². The molecule has 1 fully saturated rings. The minimum absolute atomic E-state index is 0.00610. The Bertz CT molecular complexity index is 419. The summed E-state index contributed by atoms with van der Waals surface area (Å²) < 4.78 is 13.1. The zero-order chi connectivity index (χ0) is 20.4. The Morgan fingerprint density at radius 2 is 1.35 bits per heavy atom. The van der Waals surface area contributed by atoms with Crippen LogP contribution in [-0.4, -0.2) is 47.0 Å². The highest BCUT2D eigenvalue weighted by atomic mass is 79.9. The second kappa shape index (κ2) is 9.71. The van der Waals surface area contributed by atoms with Gasteiger partial charge in [0.2, 0.25) is 8.32 Å². The van der Waals surface area contributed by atoms with Crippen LogP contribution in [0.5, 0.6) is 0 Å². The maximum Gasteiger partial charge on any atom is 0.200 e. The molecule has 0 aromatic carbocycles. The standard InChI is InChI=1S/C20H40Br2O3Si/c1-12(2)26(13(3)4,14(5)6)25-19-11-17(21)10-18(20(19,9)22)24-16(8)15(7)23/h12-19,23H,10-11H2,1-9H3/t15-,16+,17+,18-,19-,20?/m1/s1. The number of hydrogen-bond acceptors (Lipinski definition) is 3. The molecule has 0 heterocycles. The van der Waals surface area contributed by atoms with Crippen LogP contribution in [0.3, 0.4) is 0 Å². The van der Waals surface area contributed by atoms with Crippen LogP contribution in [0.1, 0.15) is 75.2 Å². The lowest BCUT2D eigenvalue weighted by molar-refractivity contribution is -0.0992. The Labute approximate surface area is 179 Å². The number of ether oxygens (including phenoxy) is 1. The van der Waals surface area contributed by atoms with Gasteiger partial charge in [-0.05, 0) is 50.2 Å². The van der Waals surface area contributed by atoms with Gasteiger partial charge in [-0.3, -0.25) is 0 Å². The summed E-state index contributed by atoms with van der Waals surface area (Å²) in [5, 5.41) is 9.88. The maximum absolute atomic E-state index is 9.88. The topological polar surface area (TPSA) is 38.7 Å². The number of aliphatic hydroxyl groups excluding tert-OH is 1. The molecule has 6 atom stereocenters. The van der Waals surface area contributed by atoms with Crippen LogP contribution in [0.2, 0.25) is 16.6 Å². The number of alkyl halides is 2. The van der Waals surface area contributed by atoms with Gasteiger partial charge in [-0.1, -0.05) is 73.4 Å². The normalized spacial score (nSPS) is 33.1. The van der Waals surface area contributed by atoms with Crippen molar-refractivity contribution in [3.05, 3.63) is 0 Å². The van der Waals surface area contributed by atoms with Gasteiger partial charge in [0.05, 0.1) is 28.7 Å². The molecule has 156 valence electrons. The number of aliphatic hydroxyl groups is 1. The van der Waals surface area contributed by atoms with Gasteiger partial charge in [0.15, 0.2) is 0 Å². The van der Waals surface area contributed by atoms with Gasteiger partial charge in [0.1, 0.15) is 0 Å². The summed E-state index contributed by atoms with van der Waals surface area (Å²) in [5.41, 5.74) is 1.66. The summed E-state index contributed by atoms with van der Waals surface area (Å²) in [4.78, 5) is 0.363. The molecule has 1 rings (SSSR count). The molecule has 0 spiro atoms. The third-order valence-electron chi connectivity index (χ3n) is 6.31. The van der Waals surface area contributed by atoms with E-state index >= 15 is 0 Å². The molecule has 0 saturated heterocycles. The van der Waals surface area contributed by atoms with E-state index in [2.05, 4.69) is 80.3 Å². The molecule has 1 aliphatic rings. The Morgan fingerprint density at radius 3 is 1.73 bits per heavy atom. The summed E-state index contributed by atoms with van der Waals surface area (Å²) in [7, 11) is -1.98. The summed E-state index contributed by atoms with van der Waals surface area (Å²) in [6.45, 7) is 19.9. The Hall–Kier alpha value is 1.06. The molecule has 1 N–H and O–H groups in total. The van der Waals surface area contributed by atoms with Crippen molar-refractivity contribution >= 4 is 40.2 Å². The van der Waals surface area contributed by atoms with E-state index in [4.69, 9.17) is 9.16 Å². The van der Waals surface area contributed by atoms with Crippen molar-refractivity contribution in [3.63, 3.8) is 0 Å². The van der Waals surface area contributed by atoms with Crippen molar-refractivity contribution in [2.75, 3.05) is 0 Å². The number of halogens is 2. The van der Waals surface area contributed by atoms with E-state index in [1.54, 1.807) is 6.92 Å². The Kier molecular flexibility index (Phi) is 9.37. The highest BCUT2D eigenvalue weighted by molar-refractivity contribution is 9.10. The van der Waals surface area contributed by atoms with Crippen LogP contribution in [0.4, 0.5) is 0 Å². The minimum atomic E-state index is -1.98. The highest BCUT2D eigenvalue weighted by Gasteiger charge is 2.53. The summed E-state index contributed by atoms with van der Waals surface area (Å²) in [6.07, 6.45) is 1.30. The van der Waals surface area contributed by atoms with E-state index in [-0.39, 0.29) is 22.6 Å². The molecule has 1 unspecified atom stereocenters. The zero-order valence-electron chi connectivity index (χ0n) is 18.1. The largest absolute Gasteiger partial charge is 0.412 e. The molecule has 0 radical (unpaired) electrons. The van der Waals surface area contributed by atoms with Crippen LogP contribution in [0.15, 0.2) is 0 Å². The monoisotopic (exact) mass is 514 g/mol. The van der Waals surface area contributed by atoms with Crippen LogP contribution in [-0.2, 0) is 9.16 Å². The molecule has 1 aliphatic carbocycles. The van der Waals surface area contributed by atoms with Crippen molar-refractivity contribution in [1.82, 2.24) is 0 Å². The first-order valence-electron chi connectivity index (χ1n) is 10.1. The van der Waals surface area contributed by atoms with Gasteiger partial charge in [-0.25, -0.2) is 0 Å². The molecule has 26 heavy (non-hydrogen) atoms. The maximum atomic E-state index is 9.88. The Balaban J connectivity index is 3.16. The van der Waals surface area contributed by atoms with Gasteiger partial charge < -0.3 is 14.3 Å². The quantitative estimate of drug-likeness (QED) is 0.299. The Morgan fingerprint density at radius 1 is 0.923 bits per heavy atom. The lowest BCUT2D eigenvalue weighted by atomic mass is 9.84. The van der Waals surface area contributed by atoms with Crippen LogP contribution >= 0.6 is 31.9 Å². The summed E-state index contributed by atoms with van der Waals surface area (Å²) in [5.74, 6) is 0. The lowest BCUT2D eigenvalue weighted by Gasteiger charge is -2.52. The summed E-state index contributed by atoms with van der Waals surface area (Å²) >= 11 is 7.84. The first-order chi connectivity index (χ1) is 11.8.